The predicted molar refractivity (Wildman–Crippen MR) is 94.5 cm³/mol. The van der Waals surface area contributed by atoms with Gasteiger partial charge in [-0.2, -0.15) is 4.39 Å². The van der Waals surface area contributed by atoms with Crippen molar-refractivity contribution in [2.24, 2.45) is 5.73 Å². The van der Waals surface area contributed by atoms with Gasteiger partial charge in [0.1, 0.15) is 12.4 Å². The monoisotopic (exact) mass is 353 g/mol. The molecule has 1 amide bonds. The summed E-state index contributed by atoms with van der Waals surface area (Å²) >= 11 is 0. The van der Waals surface area contributed by atoms with Gasteiger partial charge in [-0.3, -0.25) is 4.79 Å². The van der Waals surface area contributed by atoms with Crippen LogP contribution in [0.25, 0.3) is 11.1 Å². The minimum Gasteiger partial charge on any atom is -0.505 e. The first-order valence-electron chi connectivity index (χ1n) is 7.78. The Morgan fingerprint density at radius 2 is 1.73 bits per heavy atom. The zero-order valence-electron chi connectivity index (χ0n) is 13.6. The highest BCUT2D eigenvalue weighted by Crippen LogP contribution is 2.40. The van der Waals surface area contributed by atoms with E-state index in [1.165, 1.54) is 24.3 Å². The number of phenols is 2. The number of benzene rings is 3. The van der Waals surface area contributed by atoms with Gasteiger partial charge in [0.2, 0.25) is 11.7 Å². The molecule has 0 radical (unpaired) electrons. The molecule has 4 N–H and O–H groups in total. The minimum atomic E-state index is -1.15. The minimum absolute atomic E-state index is 0.0754. The number of primary amides is 1. The molecule has 5 nitrogen and oxygen atoms in total. The Labute approximate surface area is 149 Å². The first-order valence-corrected chi connectivity index (χ1v) is 7.78. The molecule has 3 aromatic rings. The van der Waals surface area contributed by atoms with E-state index in [9.17, 15) is 19.4 Å². The molecule has 0 spiro atoms. The molecule has 0 saturated carbocycles. The van der Waals surface area contributed by atoms with Crippen LogP contribution in [0.5, 0.6) is 17.2 Å². The van der Waals surface area contributed by atoms with Crippen molar-refractivity contribution in [2.75, 3.05) is 0 Å². The normalized spacial score (nSPS) is 10.5. The van der Waals surface area contributed by atoms with Gasteiger partial charge in [0.25, 0.3) is 0 Å². The molecule has 0 aliphatic rings. The topological polar surface area (TPSA) is 92.8 Å². The Morgan fingerprint density at radius 1 is 1.00 bits per heavy atom. The van der Waals surface area contributed by atoms with Crippen LogP contribution in [-0.4, -0.2) is 16.1 Å². The summed E-state index contributed by atoms with van der Waals surface area (Å²) in [5.74, 6) is -2.90. The summed E-state index contributed by atoms with van der Waals surface area (Å²) in [5, 5.41) is 19.5. The van der Waals surface area contributed by atoms with E-state index < -0.39 is 23.2 Å². The number of phenolic OH excluding ortho intramolecular Hbond substituents is 2. The van der Waals surface area contributed by atoms with Crippen LogP contribution >= 0.6 is 0 Å². The van der Waals surface area contributed by atoms with E-state index in [1.54, 1.807) is 0 Å². The smallest absolute Gasteiger partial charge is 0.248 e. The second-order valence-corrected chi connectivity index (χ2v) is 5.64. The molecule has 0 bridgehead atoms. The van der Waals surface area contributed by atoms with E-state index >= 15 is 0 Å². The molecule has 6 heteroatoms. The second-order valence-electron chi connectivity index (χ2n) is 5.64. The van der Waals surface area contributed by atoms with Crippen molar-refractivity contribution in [3.8, 4) is 28.4 Å². The van der Waals surface area contributed by atoms with Gasteiger partial charge < -0.3 is 20.7 Å². The van der Waals surface area contributed by atoms with Crippen LogP contribution in [0, 0.1) is 5.82 Å². The van der Waals surface area contributed by atoms with Gasteiger partial charge in [0, 0.05) is 16.7 Å². The van der Waals surface area contributed by atoms with Gasteiger partial charge in [-0.25, -0.2) is 0 Å². The fourth-order valence-electron chi connectivity index (χ4n) is 2.53. The van der Waals surface area contributed by atoms with Crippen molar-refractivity contribution < 1.29 is 24.1 Å². The van der Waals surface area contributed by atoms with Crippen LogP contribution < -0.4 is 10.5 Å². The zero-order valence-corrected chi connectivity index (χ0v) is 13.6. The van der Waals surface area contributed by atoms with Gasteiger partial charge in [-0.05, 0) is 35.9 Å². The van der Waals surface area contributed by atoms with Crippen LogP contribution in [0.15, 0.2) is 60.7 Å². The lowest BCUT2D eigenvalue weighted by Crippen LogP contribution is -2.11. The maximum atomic E-state index is 13.9. The molecular formula is C20H16FNO4. The molecule has 0 saturated heterocycles. The predicted octanol–water partition coefficient (Wildman–Crippen LogP) is 3.58. The Kier molecular flexibility index (Phi) is 4.75. The van der Waals surface area contributed by atoms with Gasteiger partial charge in [0.15, 0.2) is 11.5 Å². The molecule has 3 aromatic carbocycles. The van der Waals surface area contributed by atoms with Gasteiger partial charge in [0.05, 0.1) is 0 Å². The SMILES string of the molecule is NC(=O)c1ccc(OCc2ccccc2)c(-c2ccc(O)c(F)c2O)c1. The second kappa shape index (κ2) is 7.14. The Balaban J connectivity index is 2.05. The number of halogens is 1. The number of aromatic hydroxyl groups is 2. The number of nitrogens with two attached hydrogens (primary N) is 1. The number of amides is 1. The molecule has 0 heterocycles. The quantitative estimate of drug-likeness (QED) is 0.654. The highest BCUT2D eigenvalue weighted by atomic mass is 19.1. The lowest BCUT2D eigenvalue weighted by atomic mass is 10.00. The maximum Gasteiger partial charge on any atom is 0.248 e. The van der Waals surface area contributed by atoms with E-state index in [1.807, 2.05) is 30.3 Å². The summed E-state index contributed by atoms with van der Waals surface area (Å²) in [6, 6.07) is 16.3. The molecular weight excluding hydrogens is 337 g/mol. The first kappa shape index (κ1) is 17.3. The third-order valence-electron chi connectivity index (χ3n) is 3.89. The van der Waals surface area contributed by atoms with Crippen LogP contribution in [0.3, 0.4) is 0 Å². The fraction of sp³-hybridized carbons (Fsp3) is 0.0500. The third-order valence-corrected chi connectivity index (χ3v) is 3.89. The third kappa shape index (κ3) is 3.44. The molecule has 3 rings (SSSR count). The van der Waals surface area contributed by atoms with Crippen LogP contribution in [-0.2, 0) is 6.61 Å². The van der Waals surface area contributed by atoms with Gasteiger partial charge in [-0.1, -0.05) is 30.3 Å². The molecule has 26 heavy (non-hydrogen) atoms. The van der Waals surface area contributed by atoms with Crippen molar-refractivity contribution in [3.63, 3.8) is 0 Å². The zero-order chi connectivity index (χ0) is 18.7. The molecule has 0 aliphatic carbocycles. The standard InChI is InChI=1S/C20H16FNO4/c21-18-16(23)8-7-14(19(18)24)15-10-13(20(22)25)6-9-17(15)26-11-12-4-2-1-3-5-12/h1-10,23-24H,11H2,(H2,22,25). The molecule has 132 valence electrons. The molecule has 0 aromatic heterocycles. The van der Waals surface area contributed by atoms with Crippen LogP contribution in [0.2, 0.25) is 0 Å². The van der Waals surface area contributed by atoms with Crippen molar-refractivity contribution >= 4 is 5.91 Å². The summed E-state index contributed by atoms with van der Waals surface area (Å²) in [5.41, 5.74) is 6.77. The van der Waals surface area contributed by atoms with E-state index in [4.69, 9.17) is 10.5 Å². The number of carbonyl (C=O) groups excluding carboxylic acids is 1. The van der Waals surface area contributed by atoms with Crippen LogP contribution in [0.4, 0.5) is 4.39 Å². The summed E-state index contributed by atoms with van der Waals surface area (Å²) in [6.45, 7) is 0.241. The number of hydrogen-bond donors (Lipinski definition) is 3. The van der Waals surface area contributed by atoms with Crippen LogP contribution in [0.1, 0.15) is 15.9 Å². The molecule has 0 atom stereocenters. The van der Waals surface area contributed by atoms with Gasteiger partial charge in [-0.15, -0.1) is 0 Å². The average Bonchev–Trinajstić information content (AvgIpc) is 2.65. The van der Waals surface area contributed by atoms with Crippen molar-refractivity contribution in [3.05, 3.63) is 77.6 Å². The molecule has 0 unspecified atom stereocenters. The highest BCUT2D eigenvalue weighted by molar-refractivity contribution is 5.95. The number of ether oxygens (including phenoxy) is 1. The summed E-state index contributed by atoms with van der Waals surface area (Å²) in [4.78, 5) is 11.5. The highest BCUT2D eigenvalue weighted by Gasteiger charge is 2.18. The van der Waals surface area contributed by atoms with E-state index in [2.05, 4.69) is 0 Å². The summed E-state index contributed by atoms with van der Waals surface area (Å²) < 4.78 is 19.7. The van der Waals surface area contributed by atoms with Crippen molar-refractivity contribution in [1.82, 2.24) is 0 Å². The lowest BCUT2D eigenvalue weighted by Gasteiger charge is -2.14. The number of carbonyl (C=O) groups is 1. The van der Waals surface area contributed by atoms with E-state index in [0.717, 1.165) is 11.6 Å². The maximum absolute atomic E-state index is 13.9. The average molecular weight is 353 g/mol. The Bertz CT molecular complexity index is 958. The summed E-state index contributed by atoms with van der Waals surface area (Å²) in [6.07, 6.45) is 0. The largest absolute Gasteiger partial charge is 0.505 e. The number of hydrogen-bond acceptors (Lipinski definition) is 4. The number of rotatable bonds is 5. The van der Waals surface area contributed by atoms with E-state index in [-0.39, 0.29) is 23.3 Å². The first-order chi connectivity index (χ1) is 12.5. The lowest BCUT2D eigenvalue weighted by molar-refractivity contribution is 0.1000. The van der Waals surface area contributed by atoms with Crippen molar-refractivity contribution in [1.29, 1.82) is 0 Å². The van der Waals surface area contributed by atoms with Gasteiger partial charge >= 0.3 is 0 Å². The van der Waals surface area contributed by atoms with E-state index in [0.29, 0.717) is 5.75 Å². The van der Waals surface area contributed by atoms with Crippen molar-refractivity contribution in [2.45, 2.75) is 6.61 Å². The Hall–Kier alpha value is -3.54. The Morgan fingerprint density at radius 3 is 2.42 bits per heavy atom. The molecule has 0 fully saturated rings. The summed E-state index contributed by atoms with van der Waals surface area (Å²) in [7, 11) is 0. The molecule has 0 aliphatic heterocycles. The fourth-order valence-corrected chi connectivity index (χ4v) is 2.53.